The van der Waals surface area contributed by atoms with Crippen LogP contribution >= 0.6 is 0 Å². The molecule has 1 unspecified atom stereocenters. The fourth-order valence-corrected chi connectivity index (χ4v) is 2.94. The highest BCUT2D eigenvalue weighted by atomic mass is 16.6. The van der Waals surface area contributed by atoms with Crippen LogP contribution in [0.5, 0.6) is 0 Å². The van der Waals surface area contributed by atoms with Gasteiger partial charge in [-0.05, 0) is 34.0 Å². The Kier molecular flexibility index (Phi) is 4.57. The molecule has 0 saturated carbocycles. The van der Waals surface area contributed by atoms with Gasteiger partial charge in [-0.15, -0.1) is 0 Å². The largest absolute Gasteiger partial charge is 0.381 e. The summed E-state index contributed by atoms with van der Waals surface area (Å²) in [6, 6.07) is 8.28. The zero-order valence-corrected chi connectivity index (χ0v) is 13.4. The van der Waals surface area contributed by atoms with Crippen LogP contribution in [-0.4, -0.2) is 33.5 Å². The van der Waals surface area contributed by atoms with Gasteiger partial charge in [0, 0.05) is 19.5 Å². The Hall–Kier alpha value is -2.74. The van der Waals surface area contributed by atoms with E-state index in [2.05, 4.69) is 27.8 Å². The van der Waals surface area contributed by atoms with Gasteiger partial charge in [0.25, 0.3) is 0 Å². The average molecular weight is 329 g/mol. The minimum absolute atomic E-state index is 0.0149. The molecule has 2 heterocycles. The summed E-state index contributed by atoms with van der Waals surface area (Å²) >= 11 is 0. The third-order valence-corrected chi connectivity index (χ3v) is 4.18. The highest BCUT2D eigenvalue weighted by molar-refractivity contribution is 5.75. The molecule has 1 atom stereocenters. The lowest BCUT2D eigenvalue weighted by atomic mass is 9.94. The van der Waals surface area contributed by atoms with Gasteiger partial charge in [0.2, 0.25) is 11.7 Å². The Bertz CT molecular complexity index is 771. The molecule has 0 aliphatic carbocycles. The Morgan fingerprint density at radius 1 is 1.50 bits per heavy atom. The lowest BCUT2D eigenvalue weighted by Gasteiger charge is -2.27. The monoisotopic (exact) mass is 329 g/mol. The molecule has 0 bridgehead atoms. The zero-order chi connectivity index (χ0) is 17.1. The summed E-state index contributed by atoms with van der Waals surface area (Å²) in [4.78, 5) is 26.1. The number of hydrogen-bond donors (Lipinski definition) is 2. The van der Waals surface area contributed by atoms with E-state index in [0.717, 1.165) is 13.0 Å². The average Bonchev–Trinajstić information content (AvgIpc) is 2.94. The second-order valence-corrected chi connectivity index (χ2v) is 5.79. The number of nitrogens with zero attached hydrogens (tertiary/aromatic N) is 3. The first-order chi connectivity index (χ1) is 11.5. The van der Waals surface area contributed by atoms with Gasteiger partial charge in [-0.1, -0.05) is 24.3 Å². The number of hydrogen-bond acceptors (Lipinski definition) is 5. The quantitative estimate of drug-likeness (QED) is 0.632. The van der Waals surface area contributed by atoms with Crippen LogP contribution in [0.2, 0.25) is 0 Å². The third-order valence-electron chi connectivity index (χ3n) is 4.18. The Morgan fingerprint density at radius 3 is 3.04 bits per heavy atom. The van der Waals surface area contributed by atoms with Crippen molar-refractivity contribution >= 4 is 11.7 Å². The van der Waals surface area contributed by atoms with Crippen LogP contribution in [0, 0.1) is 17.0 Å². The summed E-state index contributed by atoms with van der Waals surface area (Å²) in [6.45, 7) is 3.01. The fraction of sp³-hybridized carbons (Fsp3) is 0.375. The van der Waals surface area contributed by atoms with E-state index in [1.54, 1.807) is 6.92 Å². The molecular formula is C16H19N5O3. The molecule has 126 valence electrons. The second-order valence-electron chi connectivity index (χ2n) is 5.79. The third kappa shape index (κ3) is 3.43. The van der Waals surface area contributed by atoms with Crippen molar-refractivity contribution in [2.45, 2.75) is 25.9 Å². The van der Waals surface area contributed by atoms with Crippen LogP contribution in [0.3, 0.4) is 0 Å². The number of imidazole rings is 1. The Balaban J connectivity index is 1.60. The zero-order valence-electron chi connectivity index (χ0n) is 13.4. The molecule has 1 aromatic heterocycles. The predicted octanol–water partition coefficient (Wildman–Crippen LogP) is 1.10. The van der Waals surface area contributed by atoms with Gasteiger partial charge >= 0.3 is 5.82 Å². The van der Waals surface area contributed by atoms with Crippen LogP contribution in [0.15, 0.2) is 30.5 Å². The van der Waals surface area contributed by atoms with E-state index >= 15 is 0 Å². The van der Waals surface area contributed by atoms with Crippen molar-refractivity contribution in [3.05, 3.63) is 57.5 Å². The number of aromatic nitrogens is 2. The molecule has 1 aliphatic heterocycles. The van der Waals surface area contributed by atoms with Crippen LogP contribution < -0.4 is 10.6 Å². The molecular weight excluding hydrogens is 310 g/mol. The maximum Gasteiger partial charge on any atom is 0.381 e. The van der Waals surface area contributed by atoms with E-state index in [-0.39, 0.29) is 24.3 Å². The molecule has 1 aromatic carbocycles. The summed E-state index contributed by atoms with van der Waals surface area (Å²) < 4.78 is 1.48. The molecule has 24 heavy (non-hydrogen) atoms. The molecule has 1 amide bonds. The molecule has 0 radical (unpaired) electrons. The van der Waals surface area contributed by atoms with Crippen molar-refractivity contribution in [3.8, 4) is 0 Å². The minimum atomic E-state index is -0.565. The molecule has 0 fully saturated rings. The first-order valence-electron chi connectivity index (χ1n) is 7.80. The molecule has 0 spiro atoms. The van der Waals surface area contributed by atoms with Crippen LogP contribution in [0.1, 0.15) is 23.0 Å². The minimum Gasteiger partial charge on any atom is -0.358 e. The van der Waals surface area contributed by atoms with Crippen molar-refractivity contribution in [1.82, 2.24) is 20.2 Å². The fourth-order valence-electron chi connectivity index (χ4n) is 2.94. The molecule has 8 heteroatoms. The Labute approximate surface area is 139 Å². The normalized spacial score (nSPS) is 16.5. The van der Waals surface area contributed by atoms with Gasteiger partial charge in [-0.2, -0.15) is 0 Å². The molecule has 3 rings (SSSR count). The maximum atomic E-state index is 12.1. The molecule has 1 aliphatic rings. The van der Waals surface area contributed by atoms with Gasteiger partial charge in [0.1, 0.15) is 12.7 Å². The van der Waals surface area contributed by atoms with Crippen LogP contribution in [0.4, 0.5) is 5.82 Å². The van der Waals surface area contributed by atoms with E-state index in [0.29, 0.717) is 12.4 Å². The number of carbonyl (C=O) groups is 1. The van der Waals surface area contributed by atoms with E-state index in [9.17, 15) is 14.9 Å². The van der Waals surface area contributed by atoms with Crippen molar-refractivity contribution < 1.29 is 9.72 Å². The smallest absolute Gasteiger partial charge is 0.358 e. The van der Waals surface area contributed by atoms with E-state index in [1.807, 2.05) is 12.1 Å². The highest BCUT2D eigenvalue weighted by Crippen LogP contribution is 2.21. The maximum absolute atomic E-state index is 12.1. The van der Waals surface area contributed by atoms with Crippen molar-refractivity contribution in [1.29, 1.82) is 0 Å². The number of amides is 1. The number of nitrogens with one attached hydrogen (secondary N) is 2. The number of rotatable bonds is 5. The summed E-state index contributed by atoms with van der Waals surface area (Å²) in [5.74, 6) is -0.00332. The van der Waals surface area contributed by atoms with Crippen LogP contribution in [-0.2, 0) is 17.8 Å². The standard InChI is InChI=1S/C16H19N5O3/c1-11-19-15(21(23)24)9-20(11)10-16(22)18-8-14-13-5-3-2-4-12(13)6-7-17-14/h2-5,9,14,17H,6-8,10H2,1H3,(H,18,22). The highest BCUT2D eigenvalue weighted by Gasteiger charge is 2.21. The number of benzene rings is 1. The number of fused-ring (bicyclic) bond motifs is 1. The van der Waals surface area contributed by atoms with Gasteiger partial charge in [-0.3, -0.25) is 9.36 Å². The second kappa shape index (κ2) is 6.79. The predicted molar refractivity (Wildman–Crippen MR) is 87.5 cm³/mol. The number of carbonyl (C=O) groups excluding carboxylic acids is 1. The van der Waals surface area contributed by atoms with E-state index < -0.39 is 4.92 Å². The lowest BCUT2D eigenvalue weighted by Crippen LogP contribution is -2.39. The Morgan fingerprint density at radius 2 is 2.29 bits per heavy atom. The van der Waals surface area contributed by atoms with Crippen molar-refractivity contribution in [2.75, 3.05) is 13.1 Å². The summed E-state index contributed by atoms with van der Waals surface area (Å²) in [7, 11) is 0. The van der Waals surface area contributed by atoms with Gasteiger partial charge in [0.05, 0.1) is 0 Å². The number of nitro groups is 1. The molecule has 0 saturated heterocycles. The van der Waals surface area contributed by atoms with Crippen LogP contribution in [0.25, 0.3) is 0 Å². The molecule has 2 N–H and O–H groups in total. The number of aryl methyl sites for hydroxylation is 1. The van der Waals surface area contributed by atoms with Gasteiger partial charge in [-0.25, -0.2) is 0 Å². The topological polar surface area (TPSA) is 102 Å². The van der Waals surface area contributed by atoms with E-state index in [4.69, 9.17) is 0 Å². The summed E-state index contributed by atoms with van der Waals surface area (Å²) in [5, 5.41) is 17.0. The van der Waals surface area contributed by atoms with Gasteiger partial charge in [0.15, 0.2) is 0 Å². The van der Waals surface area contributed by atoms with Crippen molar-refractivity contribution in [3.63, 3.8) is 0 Å². The first kappa shape index (κ1) is 16.1. The lowest BCUT2D eigenvalue weighted by molar-refractivity contribution is -0.389. The molecule has 2 aromatic rings. The summed E-state index contributed by atoms with van der Waals surface area (Å²) in [6.07, 6.45) is 2.27. The molecule has 8 nitrogen and oxygen atoms in total. The van der Waals surface area contributed by atoms with Gasteiger partial charge < -0.3 is 20.7 Å². The SMILES string of the molecule is Cc1nc([N+](=O)[O-])cn1CC(=O)NCC1NCCc2ccccc21. The first-order valence-corrected chi connectivity index (χ1v) is 7.80. The summed E-state index contributed by atoms with van der Waals surface area (Å²) in [5.41, 5.74) is 2.51. The van der Waals surface area contributed by atoms with Crippen molar-refractivity contribution in [2.24, 2.45) is 0 Å². The van der Waals surface area contributed by atoms with E-state index in [1.165, 1.54) is 21.9 Å².